The first kappa shape index (κ1) is 20.4. The Kier molecular flexibility index (Phi) is 7.11. The number of thiophene rings is 1. The molecule has 0 aliphatic heterocycles. The summed E-state index contributed by atoms with van der Waals surface area (Å²) in [6, 6.07) is 9.43. The van der Waals surface area contributed by atoms with E-state index in [1.165, 1.54) is 23.1 Å². The third-order valence-corrected chi connectivity index (χ3v) is 6.10. The van der Waals surface area contributed by atoms with Gasteiger partial charge in [-0.1, -0.05) is 43.3 Å². The van der Waals surface area contributed by atoms with Gasteiger partial charge in [-0.15, -0.1) is 11.3 Å². The molecule has 0 radical (unpaired) electrons. The molecular formula is C20H23N3O3S2. The van der Waals surface area contributed by atoms with Gasteiger partial charge in [0, 0.05) is 12.1 Å². The number of hydrogen-bond donors (Lipinski definition) is 1. The highest BCUT2D eigenvalue weighted by Gasteiger charge is 2.16. The van der Waals surface area contributed by atoms with Gasteiger partial charge >= 0.3 is 0 Å². The summed E-state index contributed by atoms with van der Waals surface area (Å²) >= 11 is 2.66. The lowest BCUT2D eigenvalue weighted by molar-refractivity contribution is -0.118. The van der Waals surface area contributed by atoms with Crippen molar-refractivity contribution in [2.45, 2.75) is 31.5 Å². The molecule has 2 aromatic heterocycles. The van der Waals surface area contributed by atoms with E-state index >= 15 is 0 Å². The number of amides is 1. The van der Waals surface area contributed by atoms with Crippen molar-refractivity contribution in [2.75, 3.05) is 19.4 Å². The lowest BCUT2D eigenvalue weighted by Gasteiger charge is -2.14. The average Bonchev–Trinajstić information content (AvgIpc) is 3.18. The minimum atomic E-state index is -0.0974. The van der Waals surface area contributed by atoms with E-state index in [0.29, 0.717) is 34.2 Å². The van der Waals surface area contributed by atoms with Gasteiger partial charge in [-0.25, -0.2) is 4.98 Å². The topological polar surface area (TPSA) is 73.2 Å². The molecule has 0 spiro atoms. The summed E-state index contributed by atoms with van der Waals surface area (Å²) in [5.74, 6) is 0.883. The molecule has 1 amide bonds. The SMILES string of the molecule is CCCCNC(=O)CSc1nc2ccsc2c(=O)n1Cc1ccccc1OC. The van der Waals surface area contributed by atoms with E-state index in [1.54, 1.807) is 11.7 Å². The van der Waals surface area contributed by atoms with Crippen LogP contribution in [-0.2, 0) is 11.3 Å². The largest absolute Gasteiger partial charge is 0.496 e. The van der Waals surface area contributed by atoms with Crippen LogP contribution in [0.1, 0.15) is 25.3 Å². The Morgan fingerprint density at radius 2 is 2.14 bits per heavy atom. The lowest BCUT2D eigenvalue weighted by Crippen LogP contribution is -2.27. The zero-order valence-corrected chi connectivity index (χ0v) is 17.6. The molecule has 148 valence electrons. The van der Waals surface area contributed by atoms with Crippen molar-refractivity contribution in [3.63, 3.8) is 0 Å². The van der Waals surface area contributed by atoms with Gasteiger partial charge in [-0.2, -0.15) is 0 Å². The van der Waals surface area contributed by atoms with Crippen molar-refractivity contribution in [3.05, 3.63) is 51.6 Å². The first-order chi connectivity index (χ1) is 13.6. The number of methoxy groups -OCH3 is 1. The highest BCUT2D eigenvalue weighted by atomic mass is 32.2. The molecule has 1 N–H and O–H groups in total. The fourth-order valence-electron chi connectivity index (χ4n) is 2.76. The Hall–Kier alpha value is -2.32. The number of ether oxygens (including phenoxy) is 1. The molecule has 0 fully saturated rings. The number of nitrogens with zero attached hydrogens (tertiary/aromatic N) is 2. The van der Waals surface area contributed by atoms with Gasteiger partial charge < -0.3 is 10.1 Å². The number of hydrogen-bond acceptors (Lipinski definition) is 6. The van der Waals surface area contributed by atoms with Gasteiger partial charge in [0.1, 0.15) is 10.4 Å². The van der Waals surface area contributed by atoms with Gasteiger partial charge in [0.25, 0.3) is 5.56 Å². The number of nitrogens with one attached hydrogen (secondary N) is 1. The quantitative estimate of drug-likeness (QED) is 0.328. The van der Waals surface area contributed by atoms with Crippen molar-refractivity contribution < 1.29 is 9.53 Å². The summed E-state index contributed by atoms with van der Waals surface area (Å²) in [4.78, 5) is 29.8. The number of carbonyl (C=O) groups is 1. The van der Waals surface area contributed by atoms with Crippen LogP contribution in [0.5, 0.6) is 5.75 Å². The first-order valence-corrected chi connectivity index (χ1v) is 11.0. The number of carbonyl (C=O) groups excluding carboxylic acids is 1. The van der Waals surface area contributed by atoms with E-state index in [-0.39, 0.29) is 17.2 Å². The molecular weight excluding hydrogens is 394 g/mol. The minimum absolute atomic E-state index is 0.0537. The van der Waals surface area contributed by atoms with Gasteiger partial charge in [-0.05, 0) is 23.9 Å². The molecule has 3 rings (SSSR count). The maximum absolute atomic E-state index is 13.0. The molecule has 0 aliphatic rings. The molecule has 28 heavy (non-hydrogen) atoms. The summed E-state index contributed by atoms with van der Waals surface area (Å²) in [6.45, 7) is 3.09. The number of benzene rings is 1. The van der Waals surface area contributed by atoms with Crippen molar-refractivity contribution in [1.29, 1.82) is 0 Å². The molecule has 0 atom stereocenters. The Labute approximate surface area is 171 Å². The molecule has 8 heteroatoms. The van der Waals surface area contributed by atoms with Gasteiger partial charge in [0.15, 0.2) is 5.16 Å². The molecule has 1 aromatic carbocycles. The van der Waals surface area contributed by atoms with Crippen molar-refractivity contribution in [2.24, 2.45) is 0 Å². The Morgan fingerprint density at radius 1 is 1.32 bits per heavy atom. The fourth-order valence-corrected chi connectivity index (χ4v) is 4.37. The standard InChI is InChI=1S/C20H23N3O3S2/c1-3-4-10-21-17(24)13-28-20-22-15-9-11-27-18(15)19(25)23(20)12-14-7-5-6-8-16(14)26-2/h5-9,11H,3-4,10,12-13H2,1-2H3,(H,21,24). The van der Waals surface area contributed by atoms with E-state index < -0.39 is 0 Å². The second-order valence-electron chi connectivity index (χ2n) is 6.22. The van der Waals surface area contributed by atoms with Crippen LogP contribution >= 0.6 is 23.1 Å². The van der Waals surface area contributed by atoms with Crippen LogP contribution in [0.25, 0.3) is 10.2 Å². The third kappa shape index (κ3) is 4.74. The van der Waals surface area contributed by atoms with Crippen molar-refractivity contribution >= 4 is 39.2 Å². The summed E-state index contributed by atoms with van der Waals surface area (Å²) in [6.07, 6.45) is 1.98. The van der Waals surface area contributed by atoms with Crippen LogP contribution in [0.2, 0.25) is 0 Å². The summed E-state index contributed by atoms with van der Waals surface area (Å²) in [5, 5.41) is 5.29. The average molecular weight is 418 g/mol. The first-order valence-electron chi connectivity index (χ1n) is 9.13. The maximum atomic E-state index is 13.0. The van der Waals surface area contributed by atoms with Gasteiger partial charge in [0.05, 0.1) is 24.9 Å². The summed E-state index contributed by atoms with van der Waals surface area (Å²) in [7, 11) is 1.61. The Balaban J connectivity index is 1.89. The highest BCUT2D eigenvalue weighted by Crippen LogP contribution is 2.24. The molecule has 0 saturated carbocycles. The number of unbranched alkanes of at least 4 members (excludes halogenated alkanes) is 1. The number of rotatable bonds is 9. The van der Waals surface area contributed by atoms with E-state index in [4.69, 9.17) is 4.74 Å². The summed E-state index contributed by atoms with van der Waals surface area (Å²) in [5.41, 5.74) is 1.46. The summed E-state index contributed by atoms with van der Waals surface area (Å²) < 4.78 is 7.66. The molecule has 0 unspecified atom stereocenters. The van der Waals surface area contributed by atoms with Crippen LogP contribution in [0, 0.1) is 0 Å². The zero-order chi connectivity index (χ0) is 19.9. The molecule has 0 bridgehead atoms. The van der Waals surface area contributed by atoms with Crippen LogP contribution in [-0.4, -0.2) is 34.9 Å². The molecule has 2 heterocycles. The van der Waals surface area contributed by atoms with Crippen LogP contribution in [0.3, 0.4) is 0 Å². The highest BCUT2D eigenvalue weighted by molar-refractivity contribution is 7.99. The van der Waals surface area contributed by atoms with E-state index in [0.717, 1.165) is 18.4 Å². The number of thioether (sulfide) groups is 1. The van der Waals surface area contributed by atoms with Crippen LogP contribution < -0.4 is 15.6 Å². The second kappa shape index (κ2) is 9.75. The van der Waals surface area contributed by atoms with Gasteiger partial charge in [-0.3, -0.25) is 14.2 Å². The van der Waals surface area contributed by atoms with E-state index in [1.807, 2.05) is 35.7 Å². The number of aromatic nitrogens is 2. The number of fused-ring (bicyclic) bond motifs is 1. The molecule has 0 aliphatic carbocycles. The predicted octanol–water partition coefficient (Wildman–Crippen LogP) is 3.52. The monoisotopic (exact) mass is 417 g/mol. The zero-order valence-electron chi connectivity index (χ0n) is 15.9. The van der Waals surface area contributed by atoms with Crippen molar-refractivity contribution in [1.82, 2.24) is 14.9 Å². The lowest BCUT2D eigenvalue weighted by atomic mass is 10.2. The normalized spacial score (nSPS) is 10.9. The fraction of sp³-hybridized carbons (Fsp3) is 0.350. The maximum Gasteiger partial charge on any atom is 0.272 e. The smallest absolute Gasteiger partial charge is 0.272 e. The number of para-hydroxylation sites is 1. The molecule has 6 nitrogen and oxygen atoms in total. The molecule has 3 aromatic rings. The Bertz CT molecular complexity index is 1010. The van der Waals surface area contributed by atoms with E-state index in [9.17, 15) is 9.59 Å². The van der Waals surface area contributed by atoms with Crippen LogP contribution in [0.15, 0.2) is 45.7 Å². The van der Waals surface area contributed by atoms with E-state index in [2.05, 4.69) is 17.2 Å². The van der Waals surface area contributed by atoms with Gasteiger partial charge in [0.2, 0.25) is 5.91 Å². The second-order valence-corrected chi connectivity index (χ2v) is 8.08. The third-order valence-electron chi connectivity index (χ3n) is 4.24. The minimum Gasteiger partial charge on any atom is -0.496 e. The Morgan fingerprint density at radius 3 is 2.93 bits per heavy atom. The van der Waals surface area contributed by atoms with Crippen molar-refractivity contribution in [3.8, 4) is 5.75 Å². The predicted molar refractivity (Wildman–Crippen MR) is 115 cm³/mol. The molecule has 0 saturated heterocycles. The van der Waals surface area contributed by atoms with Crippen LogP contribution in [0.4, 0.5) is 0 Å².